The van der Waals surface area contributed by atoms with E-state index in [-0.39, 0.29) is 5.69 Å². The highest BCUT2D eigenvalue weighted by Gasteiger charge is 2.12. The highest BCUT2D eigenvalue weighted by Crippen LogP contribution is 2.29. The molecule has 0 N–H and O–H groups in total. The molecule has 1 aromatic carbocycles. The molecule has 1 heterocycles. The zero-order chi connectivity index (χ0) is 13.7. The summed E-state index contributed by atoms with van der Waals surface area (Å²) in [6, 6.07) is 4.50. The molecule has 104 valence electrons. The van der Waals surface area contributed by atoms with Crippen LogP contribution < -0.4 is 4.74 Å². The third-order valence-electron chi connectivity index (χ3n) is 2.89. The van der Waals surface area contributed by atoms with Crippen molar-refractivity contribution in [1.82, 2.24) is 4.90 Å². The molecule has 0 aromatic heterocycles. The van der Waals surface area contributed by atoms with Gasteiger partial charge in [-0.1, -0.05) is 0 Å². The van der Waals surface area contributed by atoms with Crippen molar-refractivity contribution in [2.24, 2.45) is 0 Å². The molecule has 1 fully saturated rings. The van der Waals surface area contributed by atoms with Gasteiger partial charge < -0.3 is 9.47 Å². The summed E-state index contributed by atoms with van der Waals surface area (Å²) >= 11 is 3.32. The Morgan fingerprint density at radius 3 is 2.84 bits per heavy atom. The third-order valence-corrected chi connectivity index (χ3v) is 3.55. The molecule has 19 heavy (non-hydrogen) atoms. The summed E-state index contributed by atoms with van der Waals surface area (Å²) in [6.45, 7) is 4.60. The van der Waals surface area contributed by atoms with Crippen LogP contribution in [0.15, 0.2) is 22.7 Å². The Morgan fingerprint density at radius 1 is 1.42 bits per heavy atom. The summed E-state index contributed by atoms with van der Waals surface area (Å²) in [6.07, 6.45) is 0. The quantitative estimate of drug-likeness (QED) is 0.610. The lowest BCUT2D eigenvalue weighted by molar-refractivity contribution is -0.385. The van der Waals surface area contributed by atoms with Gasteiger partial charge in [0.05, 0.1) is 28.7 Å². The predicted octanol–water partition coefficient (Wildman–Crippen LogP) is 2.07. The summed E-state index contributed by atoms with van der Waals surface area (Å²) in [5.74, 6) is 0.502. The van der Waals surface area contributed by atoms with Gasteiger partial charge >= 0.3 is 0 Å². The minimum atomic E-state index is -0.429. The number of hydrogen-bond donors (Lipinski definition) is 0. The Morgan fingerprint density at radius 2 is 2.16 bits per heavy atom. The molecule has 0 spiro atoms. The molecule has 7 heteroatoms. The van der Waals surface area contributed by atoms with Crippen LogP contribution in [0.3, 0.4) is 0 Å². The smallest absolute Gasteiger partial charge is 0.273 e. The van der Waals surface area contributed by atoms with Crippen LogP contribution in [0.25, 0.3) is 0 Å². The van der Waals surface area contributed by atoms with Crippen molar-refractivity contribution in [3.05, 3.63) is 32.8 Å². The van der Waals surface area contributed by atoms with Gasteiger partial charge in [0.1, 0.15) is 12.4 Å². The number of ether oxygens (including phenoxy) is 2. The first-order valence-corrected chi connectivity index (χ1v) is 6.83. The molecule has 0 atom stereocenters. The maximum atomic E-state index is 10.7. The summed E-state index contributed by atoms with van der Waals surface area (Å²) in [5, 5.41) is 10.7. The Labute approximate surface area is 119 Å². The molecule has 0 unspecified atom stereocenters. The standard InChI is InChI=1S/C12H15BrN2O4/c13-11-2-1-10(15(16)17)9-12(11)19-8-5-14-3-6-18-7-4-14/h1-2,9H,3-8H2. The fourth-order valence-corrected chi connectivity index (χ4v) is 2.19. The maximum Gasteiger partial charge on any atom is 0.273 e. The van der Waals surface area contributed by atoms with Gasteiger partial charge in [0.25, 0.3) is 5.69 Å². The second kappa shape index (κ2) is 6.83. The van der Waals surface area contributed by atoms with Gasteiger partial charge in [0.2, 0.25) is 0 Å². The van der Waals surface area contributed by atoms with Gasteiger partial charge in [0, 0.05) is 25.7 Å². The van der Waals surface area contributed by atoms with Crippen molar-refractivity contribution in [3.8, 4) is 5.75 Å². The number of benzene rings is 1. The average Bonchev–Trinajstić information content (AvgIpc) is 2.42. The molecule has 0 saturated carbocycles. The van der Waals surface area contributed by atoms with Crippen molar-refractivity contribution >= 4 is 21.6 Å². The number of morpholine rings is 1. The molecule has 0 aliphatic carbocycles. The van der Waals surface area contributed by atoms with E-state index in [2.05, 4.69) is 20.8 Å². The fourth-order valence-electron chi connectivity index (χ4n) is 1.83. The van der Waals surface area contributed by atoms with Crippen molar-refractivity contribution < 1.29 is 14.4 Å². The molecule has 2 rings (SSSR count). The molecule has 0 radical (unpaired) electrons. The van der Waals surface area contributed by atoms with E-state index in [0.29, 0.717) is 12.4 Å². The normalized spacial score (nSPS) is 16.3. The van der Waals surface area contributed by atoms with Crippen molar-refractivity contribution in [2.75, 3.05) is 39.5 Å². The van der Waals surface area contributed by atoms with E-state index < -0.39 is 4.92 Å². The van der Waals surface area contributed by atoms with Crippen LogP contribution in [0.1, 0.15) is 0 Å². The third kappa shape index (κ3) is 4.15. The van der Waals surface area contributed by atoms with E-state index >= 15 is 0 Å². The molecule has 1 saturated heterocycles. The Kier molecular flexibility index (Phi) is 5.12. The zero-order valence-corrected chi connectivity index (χ0v) is 12.0. The van der Waals surface area contributed by atoms with Crippen LogP contribution in [-0.4, -0.2) is 49.3 Å². The number of rotatable bonds is 5. The van der Waals surface area contributed by atoms with E-state index in [4.69, 9.17) is 9.47 Å². The van der Waals surface area contributed by atoms with Crippen molar-refractivity contribution in [3.63, 3.8) is 0 Å². The number of nitro benzene ring substituents is 1. The molecule has 1 aliphatic heterocycles. The number of non-ortho nitro benzene ring substituents is 1. The minimum absolute atomic E-state index is 0.0320. The highest BCUT2D eigenvalue weighted by molar-refractivity contribution is 9.10. The SMILES string of the molecule is O=[N+]([O-])c1ccc(Br)c(OCCN2CCOCC2)c1. The van der Waals surface area contributed by atoms with Crippen LogP contribution >= 0.6 is 15.9 Å². The van der Waals surface area contributed by atoms with Crippen molar-refractivity contribution in [2.45, 2.75) is 0 Å². The van der Waals surface area contributed by atoms with Crippen LogP contribution in [0.2, 0.25) is 0 Å². The lowest BCUT2D eigenvalue weighted by atomic mass is 10.3. The monoisotopic (exact) mass is 330 g/mol. The van der Waals surface area contributed by atoms with Crippen LogP contribution in [0.4, 0.5) is 5.69 Å². The summed E-state index contributed by atoms with van der Waals surface area (Å²) < 4.78 is 11.6. The van der Waals surface area contributed by atoms with Gasteiger partial charge in [-0.15, -0.1) is 0 Å². The lowest BCUT2D eigenvalue weighted by Crippen LogP contribution is -2.38. The van der Waals surface area contributed by atoms with Crippen LogP contribution in [0, 0.1) is 10.1 Å². The van der Waals surface area contributed by atoms with Gasteiger partial charge in [-0.3, -0.25) is 15.0 Å². The van der Waals surface area contributed by atoms with Gasteiger partial charge in [-0.2, -0.15) is 0 Å². The highest BCUT2D eigenvalue weighted by atomic mass is 79.9. The topological polar surface area (TPSA) is 64.8 Å². The average molecular weight is 331 g/mol. The Balaban J connectivity index is 1.87. The predicted molar refractivity (Wildman–Crippen MR) is 73.6 cm³/mol. The van der Waals surface area contributed by atoms with E-state index in [1.807, 2.05) is 0 Å². The number of nitro groups is 1. The van der Waals surface area contributed by atoms with E-state index in [9.17, 15) is 10.1 Å². The zero-order valence-electron chi connectivity index (χ0n) is 10.4. The van der Waals surface area contributed by atoms with Gasteiger partial charge in [-0.05, 0) is 22.0 Å². The molecule has 1 aliphatic rings. The maximum absolute atomic E-state index is 10.7. The van der Waals surface area contributed by atoms with Crippen LogP contribution in [-0.2, 0) is 4.74 Å². The molecule has 0 amide bonds. The van der Waals surface area contributed by atoms with Crippen LogP contribution in [0.5, 0.6) is 5.75 Å². The molecular weight excluding hydrogens is 316 g/mol. The summed E-state index contributed by atoms with van der Waals surface area (Å²) in [5.41, 5.74) is 0.0320. The first-order valence-electron chi connectivity index (χ1n) is 6.03. The first-order chi connectivity index (χ1) is 9.16. The van der Waals surface area contributed by atoms with Crippen molar-refractivity contribution in [1.29, 1.82) is 0 Å². The summed E-state index contributed by atoms with van der Waals surface area (Å²) in [7, 11) is 0. The molecular formula is C12H15BrN2O4. The Hall–Kier alpha value is -1.18. The fraction of sp³-hybridized carbons (Fsp3) is 0.500. The second-order valence-corrected chi connectivity index (χ2v) is 5.03. The number of hydrogen-bond acceptors (Lipinski definition) is 5. The van der Waals surface area contributed by atoms with E-state index in [1.54, 1.807) is 6.07 Å². The van der Waals surface area contributed by atoms with Gasteiger partial charge in [-0.25, -0.2) is 0 Å². The second-order valence-electron chi connectivity index (χ2n) is 4.17. The molecule has 1 aromatic rings. The Bertz CT molecular complexity index is 449. The molecule has 6 nitrogen and oxygen atoms in total. The van der Waals surface area contributed by atoms with E-state index in [1.165, 1.54) is 12.1 Å². The summed E-state index contributed by atoms with van der Waals surface area (Å²) in [4.78, 5) is 12.5. The largest absolute Gasteiger partial charge is 0.491 e. The van der Waals surface area contributed by atoms with E-state index in [0.717, 1.165) is 37.3 Å². The lowest BCUT2D eigenvalue weighted by Gasteiger charge is -2.26. The minimum Gasteiger partial charge on any atom is -0.491 e. The van der Waals surface area contributed by atoms with Gasteiger partial charge in [0.15, 0.2) is 0 Å². The first kappa shape index (κ1) is 14.2. The number of nitrogens with zero attached hydrogens (tertiary/aromatic N) is 2. The number of halogens is 1. The molecule has 0 bridgehead atoms.